The average molecular weight is 427 g/mol. The monoisotopic (exact) mass is 427 g/mol. The normalized spacial score (nSPS) is 19.3. The lowest BCUT2D eigenvalue weighted by Gasteiger charge is -2.18. The van der Waals surface area contributed by atoms with E-state index in [2.05, 4.69) is 5.32 Å². The molecule has 3 rings (SSSR count). The number of methoxy groups -OCH3 is 3. The van der Waals surface area contributed by atoms with Gasteiger partial charge in [-0.25, -0.2) is 0 Å². The molecule has 0 spiro atoms. The first kappa shape index (κ1) is 22.5. The first-order valence-electron chi connectivity index (χ1n) is 10.2. The number of aryl methyl sites for hydroxylation is 1. The third kappa shape index (κ3) is 4.31. The predicted molar refractivity (Wildman–Crippen MR) is 116 cm³/mol. The first-order chi connectivity index (χ1) is 14.9. The van der Waals surface area contributed by atoms with Gasteiger partial charge in [-0.05, 0) is 43.5 Å². The molecule has 0 unspecified atom stereocenters. The number of carbonyl (C=O) groups excluding carboxylic acids is 2. The third-order valence-electron chi connectivity index (χ3n) is 5.67. The largest absolute Gasteiger partial charge is 0.493 e. The summed E-state index contributed by atoms with van der Waals surface area (Å²) in [5, 5.41) is 2.91. The molecule has 166 valence electrons. The third-order valence-corrected chi connectivity index (χ3v) is 5.67. The van der Waals surface area contributed by atoms with Gasteiger partial charge in [0, 0.05) is 12.5 Å². The lowest BCUT2D eigenvalue weighted by molar-refractivity contribution is -0.154. The van der Waals surface area contributed by atoms with Crippen LogP contribution in [-0.4, -0.2) is 39.8 Å². The number of carbonyl (C=O) groups is 2. The molecule has 0 saturated heterocycles. The van der Waals surface area contributed by atoms with Crippen LogP contribution in [0.2, 0.25) is 0 Å². The zero-order chi connectivity index (χ0) is 22.6. The Kier molecular flexibility index (Phi) is 6.73. The molecule has 0 aromatic heterocycles. The molecule has 1 aliphatic carbocycles. The lowest BCUT2D eigenvalue weighted by Crippen LogP contribution is -2.39. The van der Waals surface area contributed by atoms with Crippen LogP contribution in [0.25, 0.3) is 0 Å². The molecule has 0 radical (unpaired) electrons. The Balaban J connectivity index is 1.88. The summed E-state index contributed by atoms with van der Waals surface area (Å²) in [6, 6.07) is 11.4. The summed E-state index contributed by atoms with van der Waals surface area (Å²) in [6.45, 7) is 4.27. The summed E-state index contributed by atoms with van der Waals surface area (Å²) in [7, 11) is 4.58. The first-order valence-corrected chi connectivity index (χ1v) is 10.2. The predicted octanol–water partition coefficient (Wildman–Crippen LogP) is 3.37. The van der Waals surface area contributed by atoms with Crippen molar-refractivity contribution in [2.75, 3.05) is 27.9 Å². The molecule has 1 fully saturated rings. The van der Waals surface area contributed by atoms with Gasteiger partial charge < -0.3 is 24.3 Å². The molecule has 2 aromatic carbocycles. The molecule has 1 N–H and O–H groups in total. The van der Waals surface area contributed by atoms with Crippen LogP contribution in [0.4, 0.5) is 0 Å². The number of amides is 1. The number of esters is 1. The van der Waals surface area contributed by atoms with Gasteiger partial charge in [-0.3, -0.25) is 9.59 Å². The van der Waals surface area contributed by atoms with Crippen molar-refractivity contribution in [3.05, 3.63) is 53.1 Å². The highest BCUT2D eigenvalue weighted by atomic mass is 16.5. The Bertz CT molecular complexity index is 930. The molecule has 2 atom stereocenters. The number of ether oxygens (including phenoxy) is 4. The van der Waals surface area contributed by atoms with Crippen molar-refractivity contribution in [1.82, 2.24) is 5.32 Å². The highest BCUT2D eigenvalue weighted by Crippen LogP contribution is 2.61. The second-order valence-corrected chi connectivity index (χ2v) is 7.58. The van der Waals surface area contributed by atoms with Crippen molar-refractivity contribution in [1.29, 1.82) is 0 Å². The Morgan fingerprint density at radius 1 is 1.03 bits per heavy atom. The van der Waals surface area contributed by atoms with Gasteiger partial charge in [-0.1, -0.05) is 29.8 Å². The number of benzene rings is 2. The SMILES string of the molecule is CCOC(=O)[C@@]1(C(=O)NCc2ccc(C)cc2)C[C@@H]1c1cc(OC)c(OC)c(OC)c1. The Morgan fingerprint density at radius 3 is 2.16 bits per heavy atom. The zero-order valence-corrected chi connectivity index (χ0v) is 18.6. The van der Waals surface area contributed by atoms with Crippen molar-refractivity contribution in [2.45, 2.75) is 32.7 Å². The van der Waals surface area contributed by atoms with E-state index in [-0.39, 0.29) is 18.4 Å². The molecule has 1 saturated carbocycles. The van der Waals surface area contributed by atoms with Crippen molar-refractivity contribution in [3.8, 4) is 17.2 Å². The van der Waals surface area contributed by atoms with Gasteiger partial charge in [-0.15, -0.1) is 0 Å². The smallest absolute Gasteiger partial charge is 0.322 e. The summed E-state index contributed by atoms with van der Waals surface area (Å²) in [6.07, 6.45) is 0.351. The Hall–Kier alpha value is -3.22. The fourth-order valence-electron chi connectivity index (χ4n) is 3.84. The standard InChI is InChI=1S/C24H29NO6/c1-6-31-23(27)24(22(26)25-14-16-9-7-15(2)8-10-16)13-18(24)17-11-19(28-3)21(30-5)20(12-17)29-4/h7-12,18H,6,13-14H2,1-5H3,(H,25,26)/t18-,24+/m1/s1. The van der Waals surface area contributed by atoms with Crippen LogP contribution in [0.3, 0.4) is 0 Å². The average Bonchev–Trinajstić information content (AvgIpc) is 3.54. The molecule has 7 heteroatoms. The summed E-state index contributed by atoms with van der Waals surface area (Å²) in [5.41, 5.74) is 1.59. The summed E-state index contributed by atoms with van der Waals surface area (Å²) < 4.78 is 21.5. The van der Waals surface area contributed by atoms with E-state index in [0.717, 1.165) is 16.7 Å². The fraction of sp³-hybridized carbons (Fsp3) is 0.417. The van der Waals surface area contributed by atoms with Crippen LogP contribution in [0.15, 0.2) is 36.4 Å². The summed E-state index contributed by atoms with van der Waals surface area (Å²) in [5.74, 6) is 0.196. The highest BCUT2D eigenvalue weighted by molar-refractivity contribution is 6.07. The Labute approximate surface area is 182 Å². The molecular weight excluding hydrogens is 398 g/mol. The zero-order valence-electron chi connectivity index (χ0n) is 18.6. The van der Waals surface area contributed by atoms with Gasteiger partial charge in [0.1, 0.15) is 0 Å². The van der Waals surface area contributed by atoms with Crippen molar-refractivity contribution in [2.24, 2.45) is 5.41 Å². The van der Waals surface area contributed by atoms with Crippen molar-refractivity contribution >= 4 is 11.9 Å². The van der Waals surface area contributed by atoms with E-state index in [1.54, 1.807) is 19.1 Å². The molecule has 2 aromatic rings. The van der Waals surface area contributed by atoms with E-state index in [9.17, 15) is 9.59 Å². The van der Waals surface area contributed by atoms with Crippen LogP contribution in [0, 0.1) is 12.3 Å². The van der Waals surface area contributed by atoms with Gasteiger partial charge in [0.25, 0.3) is 0 Å². The van der Waals surface area contributed by atoms with E-state index in [0.29, 0.717) is 30.2 Å². The van der Waals surface area contributed by atoms with E-state index >= 15 is 0 Å². The molecule has 31 heavy (non-hydrogen) atoms. The van der Waals surface area contributed by atoms with Crippen molar-refractivity contribution in [3.63, 3.8) is 0 Å². The number of rotatable bonds is 9. The fourth-order valence-corrected chi connectivity index (χ4v) is 3.84. The van der Waals surface area contributed by atoms with Crippen LogP contribution in [-0.2, 0) is 20.9 Å². The molecule has 0 aliphatic heterocycles. The van der Waals surface area contributed by atoms with E-state index in [1.807, 2.05) is 31.2 Å². The minimum Gasteiger partial charge on any atom is -0.493 e. The summed E-state index contributed by atoms with van der Waals surface area (Å²) >= 11 is 0. The minimum absolute atomic E-state index is 0.202. The number of hydrogen-bond acceptors (Lipinski definition) is 6. The van der Waals surface area contributed by atoms with Gasteiger partial charge in [0.15, 0.2) is 16.9 Å². The second-order valence-electron chi connectivity index (χ2n) is 7.58. The van der Waals surface area contributed by atoms with Gasteiger partial charge in [-0.2, -0.15) is 0 Å². The van der Waals surface area contributed by atoms with Crippen LogP contribution < -0.4 is 19.5 Å². The van der Waals surface area contributed by atoms with Gasteiger partial charge in [0.05, 0.1) is 27.9 Å². The van der Waals surface area contributed by atoms with E-state index in [4.69, 9.17) is 18.9 Å². The summed E-state index contributed by atoms with van der Waals surface area (Å²) in [4.78, 5) is 26.1. The molecular formula is C24H29NO6. The maximum atomic E-state index is 13.2. The quantitative estimate of drug-likeness (QED) is 0.488. The second kappa shape index (κ2) is 9.29. The van der Waals surface area contributed by atoms with E-state index < -0.39 is 11.4 Å². The molecule has 1 amide bonds. The molecule has 0 bridgehead atoms. The number of nitrogens with one attached hydrogen (secondary N) is 1. The van der Waals surface area contributed by atoms with Crippen LogP contribution in [0.1, 0.15) is 36.0 Å². The highest BCUT2D eigenvalue weighted by Gasteiger charge is 2.67. The minimum atomic E-state index is -1.27. The van der Waals surface area contributed by atoms with Gasteiger partial charge >= 0.3 is 5.97 Å². The number of hydrogen-bond donors (Lipinski definition) is 1. The maximum Gasteiger partial charge on any atom is 0.322 e. The topological polar surface area (TPSA) is 83.1 Å². The van der Waals surface area contributed by atoms with Crippen LogP contribution >= 0.6 is 0 Å². The van der Waals surface area contributed by atoms with Gasteiger partial charge in [0.2, 0.25) is 11.7 Å². The Morgan fingerprint density at radius 2 is 1.65 bits per heavy atom. The molecule has 1 aliphatic rings. The maximum absolute atomic E-state index is 13.2. The van der Waals surface area contributed by atoms with Crippen LogP contribution in [0.5, 0.6) is 17.2 Å². The lowest BCUT2D eigenvalue weighted by atomic mass is 9.97. The van der Waals surface area contributed by atoms with E-state index in [1.165, 1.54) is 21.3 Å². The molecule has 0 heterocycles. The van der Waals surface area contributed by atoms with Crippen molar-refractivity contribution < 1.29 is 28.5 Å². The molecule has 7 nitrogen and oxygen atoms in total.